The van der Waals surface area contributed by atoms with Gasteiger partial charge in [-0.2, -0.15) is 0 Å². The van der Waals surface area contributed by atoms with Gasteiger partial charge in [0.2, 0.25) is 0 Å². The van der Waals surface area contributed by atoms with Crippen LogP contribution in [0.2, 0.25) is 0 Å². The third-order valence-corrected chi connectivity index (χ3v) is 4.72. The third-order valence-electron chi connectivity index (χ3n) is 4.72. The lowest BCUT2D eigenvalue weighted by Crippen LogP contribution is -2.41. The molecular weight excluding hydrogens is 268 g/mol. The van der Waals surface area contributed by atoms with E-state index in [1.165, 1.54) is 25.3 Å². The van der Waals surface area contributed by atoms with Gasteiger partial charge in [0, 0.05) is 6.04 Å². The van der Waals surface area contributed by atoms with Crippen molar-refractivity contribution in [2.24, 2.45) is 17.8 Å². The Morgan fingerprint density at radius 1 is 1.14 bits per heavy atom. The van der Waals surface area contributed by atoms with Crippen LogP contribution in [0.1, 0.15) is 45.6 Å². The number of likely N-dealkylation sites (N-methyl/N-ethyl adjacent to an activating group) is 1. The van der Waals surface area contributed by atoms with Crippen LogP contribution in [-0.2, 0) is 6.42 Å². The van der Waals surface area contributed by atoms with E-state index in [0.717, 1.165) is 18.4 Å². The van der Waals surface area contributed by atoms with Crippen LogP contribution in [0, 0.1) is 29.4 Å². The predicted molar refractivity (Wildman–Crippen MR) is 83.2 cm³/mol. The molecule has 1 nitrogen and oxygen atoms in total. The molecule has 1 aromatic carbocycles. The van der Waals surface area contributed by atoms with Crippen LogP contribution >= 0.6 is 0 Å². The van der Waals surface area contributed by atoms with Crippen molar-refractivity contribution in [1.82, 2.24) is 5.32 Å². The van der Waals surface area contributed by atoms with Crippen LogP contribution in [-0.4, -0.2) is 12.6 Å². The Bertz CT molecular complexity index is 451. The van der Waals surface area contributed by atoms with Crippen LogP contribution in [0.4, 0.5) is 8.78 Å². The number of hydrogen-bond acceptors (Lipinski definition) is 1. The summed E-state index contributed by atoms with van der Waals surface area (Å²) in [4.78, 5) is 0. The topological polar surface area (TPSA) is 12.0 Å². The van der Waals surface area contributed by atoms with Gasteiger partial charge >= 0.3 is 0 Å². The van der Waals surface area contributed by atoms with E-state index >= 15 is 0 Å². The van der Waals surface area contributed by atoms with Gasteiger partial charge in [0.25, 0.3) is 0 Å². The van der Waals surface area contributed by atoms with Crippen molar-refractivity contribution in [2.75, 3.05) is 6.54 Å². The monoisotopic (exact) mass is 295 g/mol. The van der Waals surface area contributed by atoms with E-state index in [0.29, 0.717) is 17.9 Å². The Labute approximate surface area is 127 Å². The van der Waals surface area contributed by atoms with Gasteiger partial charge in [-0.15, -0.1) is 0 Å². The fourth-order valence-corrected chi connectivity index (χ4v) is 3.95. The lowest BCUT2D eigenvalue weighted by Gasteiger charge is -2.37. The smallest absolute Gasteiger partial charge is 0.162 e. The summed E-state index contributed by atoms with van der Waals surface area (Å²) in [7, 11) is 0. The zero-order chi connectivity index (χ0) is 15.4. The van der Waals surface area contributed by atoms with Crippen LogP contribution < -0.4 is 5.32 Å². The van der Waals surface area contributed by atoms with Gasteiger partial charge in [-0.3, -0.25) is 0 Å². The highest BCUT2D eigenvalue weighted by Crippen LogP contribution is 2.35. The first kappa shape index (κ1) is 16.4. The first-order valence-corrected chi connectivity index (χ1v) is 8.17. The van der Waals surface area contributed by atoms with E-state index in [9.17, 15) is 8.78 Å². The zero-order valence-electron chi connectivity index (χ0n) is 13.3. The zero-order valence-corrected chi connectivity index (χ0v) is 13.3. The second-order valence-electron chi connectivity index (χ2n) is 6.76. The first-order chi connectivity index (χ1) is 10.0. The van der Waals surface area contributed by atoms with Crippen molar-refractivity contribution >= 4 is 0 Å². The Kier molecular flexibility index (Phi) is 5.74. The molecule has 0 aliphatic heterocycles. The second kappa shape index (κ2) is 7.35. The van der Waals surface area contributed by atoms with Gasteiger partial charge in [-0.05, 0) is 61.6 Å². The molecule has 0 amide bonds. The van der Waals surface area contributed by atoms with Crippen molar-refractivity contribution in [3.8, 4) is 0 Å². The molecule has 0 spiro atoms. The van der Waals surface area contributed by atoms with Crippen LogP contribution in [0.25, 0.3) is 0 Å². The molecule has 3 heteroatoms. The second-order valence-corrected chi connectivity index (χ2v) is 6.76. The summed E-state index contributed by atoms with van der Waals surface area (Å²) in [5.41, 5.74) is 0.492. The molecule has 1 saturated carbocycles. The minimum atomic E-state index is -0.742. The summed E-state index contributed by atoms with van der Waals surface area (Å²) in [6.45, 7) is 7.54. The van der Waals surface area contributed by atoms with Crippen molar-refractivity contribution in [3.05, 3.63) is 35.4 Å². The molecule has 1 aromatic rings. The maximum absolute atomic E-state index is 13.9. The van der Waals surface area contributed by atoms with Crippen molar-refractivity contribution in [1.29, 1.82) is 0 Å². The number of halogens is 2. The van der Waals surface area contributed by atoms with Crippen LogP contribution in [0.3, 0.4) is 0 Å². The molecule has 118 valence electrons. The van der Waals surface area contributed by atoms with E-state index < -0.39 is 11.6 Å². The summed E-state index contributed by atoms with van der Waals surface area (Å²) < 4.78 is 27.3. The molecule has 3 unspecified atom stereocenters. The van der Waals surface area contributed by atoms with Gasteiger partial charge in [0.05, 0.1) is 0 Å². The van der Waals surface area contributed by atoms with Gasteiger partial charge in [0.15, 0.2) is 11.6 Å². The molecule has 1 fully saturated rings. The summed E-state index contributed by atoms with van der Waals surface area (Å²) in [5, 5.41) is 3.50. The fourth-order valence-electron chi connectivity index (χ4n) is 3.95. The van der Waals surface area contributed by atoms with Crippen molar-refractivity contribution in [3.63, 3.8) is 0 Å². The Hall–Kier alpha value is -0.960. The Balaban J connectivity index is 2.13. The minimum Gasteiger partial charge on any atom is -0.314 e. The van der Waals surface area contributed by atoms with Crippen molar-refractivity contribution in [2.45, 2.75) is 52.5 Å². The van der Waals surface area contributed by atoms with E-state index in [1.807, 2.05) is 0 Å². The van der Waals surface area contributed by atoms with Gasteiger partial charge in [0.1, 0.15) is 0 Å². The quantitative estimate of drug-likeness (QED) is 0.840. The number of nitrogens with one attached hydrogen (secondary N) is 1. The highest BCUT2D eigenvalue weighted by atomic mass is 19.2. The number of hydrogen-bond donors (Lipinski definition) is 1. The SMILES string of the molecule is CCNC(Cc1cccc(F)c1F)C1CC(C)CC(C)C1. The summed E-state index contributed by atoms with van der Waals surface area (Å²) in [6.07, 6.45) is 4.21. The lowest BCUT2D eigenvalue weighted by atomic mass is 9.72. The molecular formula is C18H27F2N. The predicted octanol–water partition coefficient (Wildman–Crippen LogP) is 4.56. The Morgan fingerprint density at radius 2 is 1.81 bits per heavy atom. The van der Waals surface area contributed by atoms with E-state index in [-0.39, 0.29) is 6.04 Å². The summed E-state index contributed by atoms with van der Waals surface area (Å²) in [6, 6.07) is 4.73. The molecule has 1 N–H and O–H groups in total. The largest absolute Gasteiger partial charge is 0.314 e. The molecule has 0 saturated heterocycles. The molecule has 0 radical (unpaired) electrons. The van der Waals surface area contributed by atoms with Crippen LogP contribution in [0.5, 0.6) is 0 Å². The normalized spacial score (nSPS) is 27.6. The van der Waals surface area contributed by atoms with Gasteiger partial charge < -0.3 is 5.32 Å². The minimum absolute atomic E-state index is 0.233. The van der Waals surface area contributed by atoms with Gasteiger partial charge in [-0.1, -0.05) is 32.9 Å². The molecule has 0 bridgehead atoms. The molecule has 1 aliphatic rings. The molecule has 2 rings (SSSR count). The van der Waals surface area contributed by atoms with Crippen LogP contribution in [0.15, 0.2) is 18.2 Å². The third kappa shape index (κ3) is 4.26. The summed E-state index contributed by atoms with van der Waals surface area (Å²) >= 11 is 0. The Morgan fingerprint density at radius 3 is 2.43 bits per heavy atom. The molecule has 0 aromatic heterocycles. The fraction of sp³-hybridized carbons (Fsp3) is 0.667. The van der Waals surface area contributed by atoms with Crippen molar-refractivity contribution < 1.29 is 8.78 Å². The number of benzene rings is 1. The summed E-state index contributed by atoms with van der Waals surface area (Å²) in [5.74, 6) is 0.561. The van der Waals surface area contributed by atoms with Gasteiger partial charge in [-0.25, -0.2) is 8.78 Å². The van der Waals surface area contributed by atoms with E-state index in [1.54, 1.807) is 12.1 Å². The van der Waals surface area contributed by atoms with E-state index in [2.05, 4.69) is 26.1 Å². The average Bonchev–Trinajstić information content (AvgIpc) is 2.42. The highest BCUT2D eigenvalue weighted by molar-refractivity contribution is 5.20. The molecule has 0 heterocycles. The lowest BCUT2D eigenvalue weighted by molar-refractivity contribution is 0.175. The maximum atomic E-state index is 13.9. The molecule has 21 heavy (non-hydrogen) atoms. The maximum Gasteiger partial charge on any atom is 0.162 e. The van der Waals surface area contributed by atoms with E-state index in [4.69, 9.17) is 0 Å². The molecule has 3 atom stereocenters. The standard InChI is InChI=1S/C18H27F2N/c1-4-21-17(15-9-12(2)8-13(3)10-15)11-14-6-5-7-16(19)18(14)20/h5-7,12-13,15,17,21H,4,8-11H2,1-3H3. The number of rotatable bonds is 5. The first-order valence-electron chi connectivity index (χ1n) is 8.17. The molecule has 1 aliphatic carbocycles. The average molecular weight is 295 g/mol. The highest BCUT2D eigenvalue weighted by Gasteiger charge is 2.30.